The summed E-state index contributed by atoms with van der Waals surface area (Å²) in [6.07, 6.45) is -0.701. The van der Waals surface area contributed by atoms with E-state index in [9.17, 15) is 19.2 Å². The van der Waals surface area contributed by atoms with Gasteiger partial charge in [0.15, 0.2) is 0 Å². The molecule has 10 heteroatoms. The van der Waals surface area contributed by atoms with Crippen molar-refractivity contribution >= 4 is 23.9 Å². The van der Waals surface area contributed by atoms with E-state index in [1.807, 2.05) is 0 Å². The molecule has 0 radical (unpaired) electrons. The lowest BCUT2D eigenvalue weighted by molar-refractivity contribution is -0.233. The fraction of sp³-hybridized carbons (Fsp3) is 0.714. The summed E-state index contributed by atoms with van der Waals surface area (Å²) in [7, 11) is 3.30. The zero-order valence-electron chi connectivity index (χ0n) is 14.2. The second-order valence-corrected chi connectivity index (χ2v) is 4.88. The van der Waals surface area contributed by atoms with Crippen molar-refractivity contribution < 1.29 is 43.0 Å². The average molecular weight is 347 g/mol. The maximum atomic E-state index is 12.4. The number of ether oxygens (including phenoxy) is 4. The van der Waals surface area contributed by atoms with Crippen LogP contribution >= 0.6 is 0 Å². The Labute approximate surface area is 138 Å². The second kappa shape index (κ2) is 7.58. The number of hydrogen-bond acceptors (Lipinski definition) is 10. The predicted molar refractivity (Wildman–Crippen MR) is 76.2 cm³/mol. The van der Waals surface area contributed by atoms with Crippen LogP contribution in [0.4, 0.5) is 0 Å². The number of esters is 4. The average Bonchev–Trinajstić information content (AvgIpc) is 2.89. The molecular weight excluding hydrogens is 326 g/mol. The van der Waals surface area contributed by atoms with E-state index in [1.165, 1.54) is 20.9 Å². The minimum atomic E-state index is -2.32. The van der Waals surface area contributed by atoms with Crippen LogP contribution in [0.1, 0.15) is 20.3 Å². The molecule has 0 aromatic rings. The Balaban J connectivity index is 3.45. The molecule has 0 aliphatic carbocycles. The second-order valence-electron chi connectivity index (χ2n) is 4.88. The van der Waals surface area contributed by atoms with Crippen molar-refractivity contribution in [1.29, 1.82) is 0 Å². The summed E-state index contributed by atoms with van der Waals surface area (Å²) in [5, 5.41) is 0.762. The molecule has 1 rings (SSSR count). The Hall–Kier alpha value is -2.20. The van der Waals surface area contributed by atoms with Crippen LogP contribution in [-0.4, -0.2) is 74.6 Å². The van der Waals surface area contributed by atoms with Crippen molar-refractivity contribution in [3.8, 4) is 0 Å². The Morgan fingerprint density at radius 1 is 0.917 bits per heavy atom. The molecule has 0 spiro atoms. The summed E-state index contributed by atoms with van der Waals surface area (Å²) in [6, 6.07) is 0. The predicted octanol–water partition coefficient (Wildman–Crippen LogP) is -0.797. The maximum Gasteiger partial charge on any atom is 0.352 e. The molecule has 10 nitrogen and oxygen atoms in total. The van der Waals surface area contributed by atoms with Gasteiger partial charge >= 0.3 is 23.9 Å². The van der Waals surface area contributed by atoms with Gasteiger partial charge in [-0.05, 0) is 13.8 Å². The van der Waals surface area contributed by atoms with Gasteiger partial charge in [-0.25, -0.2) is 19.2 Å². The monoisotopic (exact) mass is 347 g/mol. The quantitative estimate of drug-likeness (QED) is 0.343. The van der Waals surface area contributed by atoms with Crippen molar-refractivity contribution in [2.24, 2.45) is 0 Å². The summed E-state index contributed by atoms with van der Waals surface area (Å²) in [5.74, 6) is -4.25. The number of hydrogen-bond donors (Lipinski definition) is 0. The lowest BCUT2D eigenvalue weighted by Gasteiger charge is -2.27. The first-order valence-corrected chi connectivity index (χ1v) is 7.21. The number of nitrogens with zero attached hydrogens (tertiary/aromatic N) is 1. The third kappa shape index (κ3) is 2.94. The molecule has 0 bridgehead atoms. The molecule has 0 amide bonds. The van der Waals surface area contributed by atoms with Crippen molar-refractivity contribution in [1.82, 2.24) is 5.06 Å². The van der Waals surface area contributed by atoms with Crippen LogP contribution in [-0.2, 0) is 43.0 Å². The van der Waals surface area contributed by atoms with Crippen molar-refractivity contribution in [3.63, 3.8) is 0 Å². The standard InChI is InChI=1S/C14H21NO9/c1-6-22-11(18)14(12(19)23-7-2)8-13(9(16)20-4,10(17)21-5)15(3)24-14/h6-8H2,1-5H3. The van der Waals surface area contributed by atoms with Crippen molar-refractivity contribution in [2.45, 2.75) is 31.4 Å². The first-order valence-electron chi connectivity index (χ1n) is 7.21. The SMILES string of the molecule is CCOC(=O)C1(C(=O)OCC)CC(C(=O)OC)(C(=O)OC)N(C)O1. The zero-order valence-corrected chi connectivity index (χ0v) is 14.2. The van der Waals surface area contributed by atoms with Gasteiger partial charge < -0.3 is 18.9 Å². The van der Waals surface area contributed by atoms with E-state index >= 15 is 0 Å². The Morgan fingerprint density at radius 3 is 1.67 bits per heavy atom. The number of rotatable bonds is 6. The molecule has 0 aromatic carbocycles. The smallest absolute Gasteiger partial charge is 0.352 e. The van der Waals surface area contributed by atoms with Crippen LogP contribution in [0.15, 0.2) is 0 Å². The van der Waals surface area contributed by atoms with E-state index in [2.05, 4.69) is 9.47 Å². The van der Waals surface area contributed by atoms with E-state index in [-0.39, 0.29) is 13.2 Å². The Kier molecular flexibility index (Phi) is 6.27. The van der Waals surface area contributed by atoms with Gasteiger partial charge in [-0.1, -0.05) is 0 Å². The van der Waals surface area contributed by atoms with Crippen LogP contribution in [0.2, 0.25) is 0 Å². The number of methoxy groups -OCH3 is 2. The lowest BCUT2D eigenvalue weighted by atomic mass is 9.85. The number of carbonyl (C=O) groups excluding carboxylic acids is 4. The molecule has 1 aliphatic heterocycles. The summed E-state index contributed by atoms with van der Waals surface area (Å²) in [4.78, 5) is 54.5. The summed E-state index contributed by atoms with van der Waals surface area (Å²) >= 11 is 0. The van der Waals surface area contributed by atoms with E-state index in [4.69, 9.17) is 14.3 Å². The first kappa shape index (κ1) is 19.8. The molecule has 1 fully saturated rings. The number of hydroxylamine groups is 2. The van der Waals surface area contributed by atoms with E-state index < -0.39 is 41.4 Å². The highest BCUT2D eigenvalue weighted by molar-refractivity contribution is 6.11. The van der Waals surface area contributed by atoms with Gasteiger partial charge in [-0.3, -0.25) is 4.84 Å². The van der Waals surface area contributed by atoms with E-state index in [0.29, 0.717) is 0 Å². The van der Waals surface area contributed by atoms with Gasteiger partial charge in [-0.15, -0.1) is 0 Å². The molecule has 24 heavy (non-hydrogen) atoms. The summed E-state index contributed by atoms with van der Waals surface area (Å²) < 4.78 is 19.0. The maximum absolute atomic E-state index is 12.4. The summed E-state index contributed by atoms with van der Waals surface area (Å²) in [5.41, 5.74) is -4.47. The largest absolute Gasteiger partial charge is 0.467 e. The molecule has 1 heterocycles. The lowest BCUT2D eigenvalue weighted by Crippen LogP contribution is -2.56. The summed E-state index contributed by atoms with van der Waals surface area (Å²) in [6.45, 7) is 2.97. The highest BCUT2D eigenvalue weighted by atomic mass is 16.7. The topological polar surface area (TPSA) is 118 Å². The molecule has 0 aromatic heterocycles. The Morgan fingerprint density at radius 2 is 1.33 bits per heavy atom. The van der Waals surface area contributed by atoms with Gasteiger partial charge in [0.2, 0.25) is 5.54 Å². The normalized spacial score (nSPS) is 18.5. The third-order valence-electron chi connectivity index (χ3n) is 3.59. The van der Waals surface area contributed by atoms with Gasteiger partial charge in [0.05, 0.1) is 27.4 Å². The fourth-order valence-electron chi connectivity index (χ4n) is 2.44. The van der Waals surface area contributed by atoms with Crippen molar-refractivity contribution in [3.05, 3.63) is 0 Å². The van der Waals surface area contributed by atoms with Gasteiger partial charge in [0.25, 0.3) is 5.60 Å². The minimum Gasteiger partial charge on any atom is -0.467 e. The van der Waals surface area contributed by atoms with E-state index in [1.54, 1.807) is 0 Å². The molecular formula is C14H21NO9. The van der Waals surface area contributed by atoms with Crippen LogP contribution in [0, 0.1) is 0 Å². The highest BCUT2D eigenvalue weighted by Gasteiger charge is 2.71. The van der Waals surface area contributed by atoms with Crippen molar-refractivity contribution in [2.75, 3.05) is 34.5 Å². The van der Waals surface area contributed by atoms with Crippen LogP contribution in [0.25, 0.3) is 0 Å². The minimum absolute atomic E-state index is 0.0451. The molecule has 1 aliphatic rings. The molecule has 0 saturated carbocycles. The van der Waals surface area contributed by atoms with Crippen LogP contribution in [0.3, 0.4) is 0 Å². The zero-order chi connectivity index (χ0) is 18.5. The number of likely N-dealkylation sites (N-methyl/N-ethyl adjacent to an activating group) is 1. The molecule has 0 atom stereocenters. The molecule has 136 valence electrons. The molecule has 1 saturated heterocycles. The van der Waals surface area contributed by atoms with Gasteiger partial charge in [-0.2, -0.15) is 5.06 Å². The third-order valence-corrected chi connectivity index (χ3v) is 3.59. The van der Waals surface area contributed by atoms with Crippen LogP contribution in [0.5, 0.6) is 0 Å². The van der Waals surface area contributed by atoms with Gasteiger partial charge in [0, 0.05) is 13.5 Å². The van der Waals surface area contributed by atoms with Gasteiger partial charge in [0.1, 0.15) is 0 Å². The molecule has 0 N–H and O–H groups in total. The first-order chi connectivity index (χ1) is 11.3. The van der Waals surface area contributed by atoms with Crippen LogP contribution < -0.4 is 0 Å². The van der Waals surface area contributed by atoms with E-state index in [0.717, 1.165) is 19.3 Å². The highest BCUT2D eigenvalue weighted by Crippen LogP contribution is 2.41. The Bertz CT molecular complexity index is 496. The molecule has 0 unspecified atom stereocenters. The number of carbonyl (C=O) groups is 4. The fourth-order valence-corrected chi connectivity index (χ4v) is 2.44.